The van der Waals surface area contributed by atoms with Crippen molar-refractivity contribution in [3.63, 3.8) is 0 Å². The van der Waals surface area contributed by atoms with Crippen molar-refractivity contribution in [3.8, 4) is 5.69 Å². The zero-order chi connectivity index (χ0) is 21.9. The van der Waals surface area contributed by atoms with Crippen LogP contribution in [-0.4, -0.2) is 49.3 Å². The predicted molar refractivity (Wildman–Crippen MR) is 117 cm³/mol. The van der Waals surface area contributed by atoms with Crippen molar-refractivity contribution >= 4 is 18.2 Å². The highest BCUT2D eigenvalue weighted by Crippen LogP contribution is 2.37. The number of aromatic nitrogens is 4. The normalized spacial score (nSPS) is 15.3. The van der Waals surface area contributed by atoms with E-state index in [1.165, 1.54) is 4.68 Å². The van der Waals surface area contributed by atoms with Gasteiger partial charge in [-0.1, -0.05) is 57.9 Å². The molecule has 162 valence electrons. The van der Waals surface area contributed by atoms with Crippen LogP contribution in [0.5, 0.6) is 0 Å². The van der Waals surface area contributed by atoms with Crippen LogP contribution in [0.2, 0.25) is 18.1 Å². The lowest BCUT2D eigenvalue weighted by atomic mass is 10.00. The monoisotopic (exact) mass is 438 g/mol. The van der Waals surface area contributed by atoms with Crippen molar-refractivity contribution in [2.24, 2.45) is 11.8 Å². The van der Waals surface area contributed by atoms with E-state index >= 15 is 0 Å². The lowest BCUT2D eigenvalue weighted by Crippen LogP contribution is -2.41. The molecule has 1 aromatic carbocycles. The second kappa shape index (κ2) is 9.05. The first-order chi connectivity index (χ1) is 13.3. The molecule has 2 atom stereocenters. The zero-order valence-corrected chi connectivity index (χ0v) is 20.4. The summed E-state index contributed by atoms with van der Waals surface area (Å²) < 4.78 is 33.5. The van der Waals surface area contributed by atoms with Crippen LogP contribution < -0.4 is 0 Å². The van der Waals surface area contributed by atoms with Gasteiger partial charge >= 0.3 is 0 Å². The first-order valence-electron chi connectivity index (χ1n) is 10.0. The summed E-state index contributed by atoms with van der Waals surface area (Å²) in [6.45, 7) is 15.8. The Morgan fingerprint density at radius 3 is 2.31 bits per heavy atom. The van der Waals surface area contributed by atoms with E-state index in [0.717, 1.165) is 6.42 Å². The van der Waals surface area contributed by atoms with Crippen LogP contribution in [0, 0.1) is 11.8 Å². The fourth-order valence-corrected chi connectivity index (χ4v) is 5.68. The van der Waals surface area contributed by atoms with Gasteiger partial charge in [-0.2, -0.15) is 4.68 Å². The Balaban J connectivity index is 2.00. The third-order valence-corrected chi connectivity index (χ3v) is 11.9. The van der Waals surface area contributed by atoms with Gasteiger partial charge in [-0.3, -0.25) is 0 Å². The van der Waals surface area contributed by atoms with Crippen molar-refractivity contribution in [1.29, 1.82) is 0 Å². The second-order valence-electron chi connectivity index (χ2n) is 9.51. The Labute approximate surface area is 175 Å². The minimum absolute atomic E-state index is 0.00460. The maximum atomic E-state index is 12.9. The van der Waals surface area contributed by atoms with Gasteiger partial charge in [-0.15, -0.1) is 0 Å². The summed E-state index contributed by atoms with van der Waals surface area (Å²) in [7, 11) is -5.41. The Hall–Kier alpha value is -1.58. The number of hydrogen-bond donors (Lipinski definition) is 0. The fraction of sp³-hybridized carbons (Fsp3) is 0.650. The minimum atomic E-state index is -3.61. The lowest BCUT2D eigenvalue weighted by molar-refractivity contribution is 0.220. The molecule has 1 aromatic heterocycles. The standard InChI is InChI=1S/C20H34N4O3SSi/c1-16(14-27-29(6,7)20(3,4)5)13-17(2)15-28(25,26)19-21-22-23-24(19)18-11-9-8-10-12-18/h8-12,16-17H,13-15H2,1-7H3. The Morgan fingerprint density at radius 2 is 1.72 bits per heavy atom. The van der Waals surface area contributed by atoms with E-state index in [9.17, 15) is 8.42 Å². The van der Waals surface area contributed by atoms with Crippen LogP contribution in [0.4, 0.5) is 0 Å². The molecule has 0 amide bonds. The topological polar surface area (TPSA) is 87.0 Å². The summed E-state index contributed by atoms with van der Waals surface area (Å²) in [5.74, 6) is 0.253. The summed E-state index contributed by atoms with van der Waals surface area (Å²) in [6, 6.07) is 9.05. The van der Waals surface area contributed by atoms with Gasteiger partial charge in [0.15, 0.2) is 8.32 Å². The summed E-state index contributed by atoms with van der Waals surface area (Å²) in [5, 5.41) is 11.3. The van der Waals surface area contributed by atoms with Crippen molar-refractivity contribution in [1.82, 2.24) is 20.2 Å². The van der Waals surface area contributed by atoms with Crippen molar-refractivity contribution in [2.75, 3.05) is 12.4 Å². The number of hydrogen-bond acceptors (Lipinski definition) is 6. The zero-order valence-electron chi connectivity index (χ0n) is 18.6. The van der Waals surface area contributed by atoms with E-state index in [4.69, 9.17) is 4.43 Å². The van der Waals surface area contributed by atoms with E-state index in [2.05, 4.69) is 56.3 Å². The molecule has 0 fully saturated rings. The highest BCUT2D eigenvalue weighted by molar-refractivity contribution is 7.91. The molecule has 2 unspecified atom stereocenters. The largest absolute Gasteiger partial charge is 0.417 e. The summed E-state index contributed by atoms with van der Waals surface area (Å²) in [4.78, 5) is 0. The molecule has 0 saturated heterocycles. The Kier molecular flexibility index (Phi) is 7.40. The molecule has 0 aliphatic heterocycles. The van der Waals surface area contributed by atoms with Gasteiger partial charge in [-0.25, -0.2) is 8.42 Å². The number of para-hydroxylation sites is 1. The lowest BCUT2D eigenvalue weighted by Gasteiger charge is -2.37. The molecule has 29 heavy (non-hydrogen) atoms. The van der Waals surface area contributed by atoms with Gasteiger partial charge in [-0.05, 0) is 58.9 Å². The first kappa shape index (κ1) is 23.7. The highest BCUT2D eigenvalue weighted by atomic mass is 32.2. The van der Waals surface area contributed by atoms with Gasteiger partial charge in [0.05, 0.1) is 11.4 Å². The van der Waals surface area contributed by atoms with E-state index in [-0.39, 0.29) is 27.8 Å². The Morgan fingerprint density at radius 1 is 1.10 bits per heavy atom. The summed E-state index contributed by atoms with van der Waals surface area (Å²) in [5.41, 5.74) is 0.625. The second-order valence-corrected chi connectivity index (χ2v) is 16.2. The molecule has 1 heterocycles. The third kappa shape index (κ3) is 6.20. The molecule has 0 spiro atoms. The van der Waals surface area contributed by atoms with E-state index < -0.39 is 18.2 Å². The van der Waals surface area contributed by atoms with Gasteiger partial charge in [0.2, 0.25) is 9.84 Å². The molecule has 0 radical (unpaired) electrons. The van der Waals surface area contributed by atoms with Gasteiger partial charge in [0.25, 0.3) is 5.16 Å². The molecular weight excluding hydrogens is 404 g/mol. The minimum Gasteiger partial charge on any atom is -0.417 e. The molecule has 0 N–H and O–H groups in total. The average Bonchev–Trinajstić information content (AvgIpc) is 3.10. The maximum Gasteiger partial charge on any atom is 0.272 e. The van der Waals surface area contributed by atoms with Gasteiger partial charge in [0.1, 0.15) is 0 Å². The van der Waals surface area contributed by atoms with E-state index in [1.807, 2.05) is 25.1 Å². The van der Waals surface area contributed by atoms with Gasteiger partial charge in [0, 0.05) is 6.61 Å². The summed E-state index contributed by atoms with van der Waals surface area (Å²) in [6.07, 6.45) is 0.765. The Bertz CT molecular complexity index is 892. The molecule has 2 aromatic rings. The number of benzene rings is 1. The van der Waals surface area contributed by atoms with Crippen LogP contribution in [0.25, 0.3) is 5.69 Å². The predicted octanol–water partition coefficient (Wildman–Crippen LogP) is 4.12. The maximum absolute atomic E-state index is 12.9. The molecule has 0 saturated carbocycles. The van der Waals surface area contributed by atoms with Crippen LogP contribution >= 0.6 is 0 Å². The average molecular weight is 439 g/mol. The van der Waals surface area contributed by atoms with Crippen molar-refractivity contribution in [3.05, 3.63) is 30.3 Å². The molecule has 2 rings (SSSR count). The number of tetrazole rings is 1. The van der Waals surface area contributed by atoms with Crippen molar-refractivity contribution < 1.29 is 12.8 Å². The molecule has 9 heteroatoms. The van der Waals surface area contributed by atoms with Crippen LogP contribution in [0.3, 0.4) is 0 Å². The summed E-state index contributed by atoms with van der Waals surface area (Å²) >= 11 is 0. The van der Waals surface area contributed by atoms with E-state index in [1.54, 1.807) is 12.1 Å². The van der Waals surface area contributed by atoms with Crippen molar-refractivity contribution in [2.45, 2.75) is 64.3 Å². The number of sulfone groups is 1. The molecule has 7 nitrogen and oxygen atoms in total. The van der Waals surface area contributed by atoms with Gasteiger partial charge < -0.3 is 4.43 Å². The number of nitrogens with zero attached hydrogens (tertiary/aromatic N) is 4. The van der Waals surface area contributed by atoms with Crippen LogP contribution in [0.1, 0.15) is 41.0 Å². The third-order valence-electron chi connectivity index (χ3n) is 5.56. The van der Waals surface area contributed by atoms with Crippen LogP contribution in [-0.2, 0) is 14.3 Å². The highest BCUT2D eigenvalue weighted by Gasteiger charge is 2.37. The molecule has 0 aliphatic rings. The first-order valence-corrected chi connectivity index (χ1v) is 14.6. The van der Waals surface area contributed by atoms with E-state index in [0.29, 0.717) is 12.3 Å². The fourth-order valence-electron chi connectivity index (χ4n) is 2.94. The molecule has 0 bridgehead atoms. The van der Waals surface area contributed by atoms with Crippen LogP contribution in [0.15, 0.2) is 35.5 Å². The smallest absolute Gasteiger partial charge is 0.272 e. The molecular formula is C20H34N4O3SSi. The molecule has 0 aliphatic carbocycles. The quantitative estimate of drug-likeness (QED) is 0.547. The SMILES string of the molecule is CC(CO[Si](C)(C)C(C)(C)C)CC(C)CS(=O)(=O)c1nnnn1-c1ccccc1. The number of rotatable bonds is 9.